The standard InChI is InChI=1S/C11H12FNO2/c1-15-11(14)6-4-7-8(5-6)10(13)3-2-9(7)12/h2-3,6H,4-5,13H2,1H3. The van der Waals surface area contributed by atoms with Gasteiger partial charge in [0.1, 0.15) is 5.82 Å². The van der Waals surface area contributed by atoms with Crippen LogP contribution < -0.4 is 5.73 Å². The number of hydrogen-bond donors (Lipinski definition) is 1. The van der Waals surface area contributed by atoms with E-state index in [1.54, 1.807) is 0 Å². The highest BCUT2D eigenvalue weighted by molar-refractivity contribution is 5.75. The fourth-order valence-electron chi connectivity index (χ4n) is 2.04. The first-order valence-corrected chi connectivity index (χ1v) is 4.77. The fraction of sp³-hybridized carbons (Fsp3) is 0.364. The minimum absolute atomic E-state index is 0.286. The Balaban J connectivity index is 2.34. The average molecular weight is 209 g/mol. The number of ether oxygens (including phenoxy) is 1. The molecule has 0 fully saturated rings. The number of nitrogens with two attached hydrogens (primary N) is 1. The lowest BCUT2D eigenvalue weighted by atomic mass is 10.1. The molecule has 0 saturated heterocycles. The van der Waals surface area contributed by atoms with E-state index >= 15 is 0 Å². The highest BCUT2D eigenvalue weighted by Crippen LogP contribution is 2.33. The number of carbonyl (C=O) groups excluding carboxylic acids is 1. The van der Waals surface area contributed by atoms with E-state index in [4.69, 9.17) is 5.73 Å². The van der Waals surface area contributed by atoms with Gasteiger partial charge in [-0.2, -0.15) is 0 Å². The minimum Gasteiger partial charge on any atom is -0.469 e. The monoisotopic (exact) mass is 209 g/mol. The molecule has 0 aliphatic heterocycles. The van der Waals surface area contributed by atoms with Crippen LogP contribution in [0.5, 0.6) is 0 Å². The number of carbonyl (C=O) groups is 1. The van der Waals surface area contributed by atoms with Gasteiger partial charge in [0.2, 0.25) is 0 Å². The van der Waals surface area contributed by atoms with Gasteiger partial charge in [0.25, 0.3) is 0 Å². The summed E-state index contributed by atoms with van der Waals surface area (Å²) in [5.74, 6) is -0.875. The molecule has 1 aliphatic rings. The molecule has 0 saturated carbocycles. The number of nitrogen functional groups attached to an aromatic ring is 1. The predicted molar refractivity (Wildman–Crippen MR) is 53.7 cm³/mol. The van der Waals surface area contributed by atoms with Crippen molar-refractivity contribution in [1.29, 1.82) is 0 Å². The second-order valence-electron chi connectivity index (χ2n) is 3.72. The molecular formula is C11H12FNO2. The van der Waals surface area contributed by atoms with Crippen LogP contribution in [0.2, 0.25) is 0 Å². The molecule has 2 N–H and O–H groups in total. The van der Waals surface area contributed by atoms with Crippen LogP contribution >= 0.6 is 0 Å². The van der Waals surface area contributed by atoms with Crippen LogP contribution in [-0.4, -0.2) is 13.1 Å². The third kappa shape index (κ3) is 1.56. The molecule has 0 radical (unpaired) electrons. The molecule has 2 rings (SSSR count). The molecule has 0 heterocycles. The molecule has 15 heavy (non-hydrogen) atoms. The van der Waals surface area contributed by atoms with Crippen LogP contribution in [0.1, 0.15) is 11.1 Å². The lowest BCUT2D eigenvalue weighted by Crippen LogP contribution is -2.16. The molecule has 1 aliphatic carbocycles. The quantitative estimate of drug-likeness (QED) is 0.560. The van der Waals surface area contributed by atoms with E-state index in [2.05, 4.69) is 4.74 Å². The molecule has 3 nitrogen and oxygen atoms in total. The Morgan fingerprint density at radius 2 is 2.13 bits per heavy atom. The van der Waals surface area contributed by atoms with Gasteiger partial charge in [-0.15, -0.1) is 0 Å². The molecule has 1 atom stereocenters. The highest BCUT2D eigenvalue weighted by Gasteiger charge is 2.31. The molecule has 0 aromatic heterocycles. The van der Waals surface area contributed by atoms with Crippen molar-refractivity contribution in [3.05, 3.63) is 29.1 Å². The van der Waals surface area contributed by atoms with Crippen molar-refractivity contribution < 1.29 is 13.9 Å². The molecule has 1 aromatic rings. The third-order valence-electron chi connectivity index (χ3n) is 2.85. The van der Waals surface area contributed by atoms with Crippen molar-refractivity contribution in [3.63, 3.8) is 0 Å². The molecule has 80 valence electrons. The minimum atomic E-state index is -0.301. The maximum Gasteiger partial charge on any atom is 0.309 e. The summed E-state index contributed by atoms with van der Waals surface area (Å²) in [5.41, 5.74) is 7.59. The molecule has 1 aromatic carbocycles. The summed E-state index contributed by atoms with van der Waals surface area (Å²) in [6, 6.07) is 2.88. The van der Waals surface area contributed by atoms with E-state index in [0.29, 0.717) is 24.1 Å². The van der Waals surface area contributed by atoms with Gasteiger partial charge in [-0.1, -0.05) is 0 Å². The van der Waals surface area contributed by atoms with Crippen molar-refractivity contribution in [2.24, 2.45) is 5.92 Å². The third-order valence-corrected chi connectivity index (χ3v) is 2.85. The van der Waals surface area contributed by atoms with Crippen LogP contribution in [0.3, 0.4) is 0 Å². The molecule has 0 spiro atoms. The largest absolute Gasteiger partial charge is 0.469 e. The number of anilines is 1. The van der Waals surface area contributed by atoms with Gasteiger partial charge in [0.15, 0.2) is 0 Å². The number of hydrogen-bond acceptors (Lipinski definition) is 3. The zero-order valence-corrected chi connectivity index (χ0v) is 8.42. The van der Waals surface area contributed by atoms with Crippen LogP contribution in [0.15, 0.2) is 12.1 Å². The molecular weight excluding hydrogens is 197 g/mol. The van der Waals surface area contributed by atoms with E-state index in [1.807, 2.05) is 0 Å². The lowest BCUT2D eigenvalue weighted by Gasteiger charge is -2.04. The summed E-state index contributed by atoms with van der Waals surface area (Å²) >= 11 is 0. The smallest absolute Gasteiger partial charge is 0.309 e. The van der Waals surface area contributed by atoms with Crippen LogP contribution in [-0.2, 0) is 22.4 Å². The number of fused-ring (bicyclic) bond motifs is 1. The predicted octanol–water partition coefficient (Wildman–Crippen LogP) is 1.30. The highest BCUT2D eigenvalue weighted by atomic mass is 19.1. The van der Waals surface area contributed by atoms with Gasteiger partial charge in [0.05, 0.1) is 13.0 Å². The van der Waals surface area contributed by atoms with Crippen molar-refractivity contribution in [2.75, 3.05) is 12.8 Å². The summed E-state index contributed by atoms with van der Waals surface area (Å²) in [4.78, 5) is 11.3. The number of benzene rings is 1. The second kappa shape index (κ2) is 3.53. The molecule has 0 bridgehead atoms. The Kier molecular flexibility index (Phi) is 2.34. The Morgan fingerprint density at radius 1 is 1.47 bits per heavy atom. The number of esters is 1. The Morgan fingerprint density at radius 3 is 2.73 bits per heavy atom. The maximum atomic E-state index is 13.4. The molecule has 0 amide bonds. The van der Waals surface area contributed by atoms with E-state index in [0.717, 1.165) is 5.56 Å². The fourth-order valence-corrected chi connectivity index (χ4v) is 2.04. The SMILES string of the molecule is COC(=O)C1Cc2c(N)ccc(F)c2C1. The first kappa shape index (κ1) is 9.96. The number of rotatable bonds is 1. The molecule has 4 heteroatoms. The Hall–Kier alpha value is -1.58. The average Bonchev–Trinajstić information content (AvgIpc) is 2.68. The summed E-state index contributed by atoms with van der Waals surface area (Å²) in [6.45, 7) is 0. The van der Waals surface area contributed by atoms with Gasteiger partial charge in [-0.3, -0.25) is 4.79 Å². The summed E-state index contributed by atoms with van der Waals surface area (Å²) in [6.07, 6.45) is 0.866. The van der Waals surface area contributed by atoms with Gasteiger partial charge < -0.3 is 10.5 Å². The van der Waals surface area contributed by atoms with Crippen molar-refractivity contribution in [2.45, 2.75) is 12.8 Å². The van der Waals surface area contributed by atoms with E-state index in [9.17, 15) is 9.18 Å². The lowest BCUT2D eigenvalue weighted by molar-refractivity contribution is -0.145. The zero-order valence-electron chi connectivity index (χ0n) is 8.42. The van der Waals surface area contributed by atoms with Crippen molar-refractivity contribution >= 4 is 11.7 Å². The maximum absolute atomic E-state index is 13.4. The summed E-state index contributed by atoms with van der Waals surface area (Å²) < 4.78 is 18.0. The first-order valence-electron chi connectivity index (χ1n) is 4.77. The Labute approximate surface area is 87.0 Å². The normalized spacial score (nSPS) is 18.7. The van der Waals surface area contributed by atoms with Gasteiger partial charge in [-0.05, 0) is 36.1 Å². The topological polar surface area (TPSA) is 52.3 Å². The summed E-state index contributed by atoms with van der Waals surface area (Å²) in [7, 11) is 1.34. The van der Waals surface area contributed by atoms with Crippen LogP contribution in [0.4, 0.5) is 10.1 Å². The zero-order chi connectivity index (χ0) is 11.0. The second-order valence-corrected chi connectivity index (χ2v) is 3.72. The van der Waals surface area contributed by atoms with Gasteiger partial charge in [-0.25, -0.2) is 4.39 Å². The van der Waals surface area contributed by atoms with E-state index < -0.39 is 0 Å². The summed E-state index contributed by atoms with van der Waals surface area (Å²) in [5, 5.41) is 0. The van der Waals surface area contributed by atoms with Gasteiger partial charge in [0, 0.05) is 5.69 Å². The Bertz CT molecular complexity index is 386. The van der Waals surface area contributed by atoms with Crippen LogP contribution in [0.25, 0.3) is 0 Å². The van der Waals surface area contributed by atoms with Crippen LogP contribution in [0, 0.1) is 11.7 Å². The number of halogens is 1. The molecule has 1 unspecified atom stereocenters. The van der Waals surface area contributed by atoms with Crippen molar-refractivity contribution in [3.8, 4) is 0 Å². The first-order chi connectivity index (χ1) is 7.13. The van der Waals surface area contributed by atoms with E-state index in [1.165, 1.54) is 19.2 Å². The van der Waals surface area contributed by atoms with Gasteiger partial charge >= 0.3 is 5.97 Å². The van der Waals surface area contributed by atoms with E-state index in [-0.39, 0.29) is 17.7 Å². The van der Waals surface area contributed by atoms with Crippen molar-refractivity contribution in [1.82, 2.24) is 0 Å². The number of methoxy groups -OCH3 is 1.